The van der Waals surface area contributed by atoms with Crippen LogP contribution in [0.4, 0.5) is 0 Å². The highest BCUT2D eigenvalue weighted by Crippen LogP contribution is 1.99. The van der Waals surface area contributed by atoms with Crippen molar-refractivity contribution in [1.29, 1.82) is 0 Å². The van der Waals surface area contributed by atoms with Crippen LogP contribution in [0.1, 0.15) is 33.1 Å². The number of thiocarbonyl (C=S) groups is 1. The minimum absolute atomic E-state index is 0.180. The first-order valence-corrected chi connectivity index (χ1v) is 4.47. The fourth-order valence-electron chi connectivity index (χ4n) is 0.771. The lowest BCUT2D eigenvalue weighted by Crippen LogP contribution is -2.18. The Labute approximate surface area is 74.1 Å². The van der Waals surface area contributed by atoms with E-state index >= 15 is 0 Å². The third-order valence-corrected chi connectivity index (χ3v) is 1.56. The van der Waals surface area contributed by atoms with Crippen LogP contribution in [0.3, 0.4) is 0 Å². The van der Waals surface area contributed by atoms with Gasteiger partial charge < -0.3 is 10.5 Å². The van der Waals surface area contributed by atoms with Gasteiger partial charge in [-0.25, -0.2) is 0 Å². The molecule has 0 bridgehead atoms. The molecule has 2 N–H and O–H groups in total. The zero-order valence-electron chi connectivity index (χ0n) is 7.30. The Bertz CT molecular complexity index is 117. The first kappa shape index (κ1) is 10.8. The maximum absolute atomic E-state index is 5.43. The molecule has 66 valence electrons. The van der Waals surface area contributed by atoms with Crippen LogP contribution in [0.5, 0.6) is 0 Å². The van der Waals surface area contributed by atoms with Gasteiger partial charge in [0.2, 0.25) is 0 Å². The van der Waals surface area contributed by atoms with Gasteiger partial charge >= 0.3 is 0 Å². The van der Waals surface area contributed by atoms with Crippen LogP contribution < -0.4 is 5.73 Å². The lowest BCUT2D eigenvalue weighted by Gasteiger charge is -2.10. The average Bonchev–Trinajstić information content (AvgIpc) is 1.86. The normalized spacial score (nSPS) is 12.9. The Balaban J connectivity index is 3.22. The molecule has 0 aliphatic rings. The second-order valence-electron chi connectivity index (χ2n) is 2.71. The third-order valence-electron chi connectivity index (χ3n) is 1.39. The minimum atomic E-state index is 0.180. The van der Waals surface area contributed by atoms with Crippen molar-refractivity contribution >= 4 is 17.2 Å². The Hall–Kier alpha value is -0.150. The predicted octanol–water partition coefficient (Wildman–Crippen LogP) is 1.87. The van der Waals surface area contributed by atoms with Crippen LogP contribution in [0.15, 0.2) is 0 Å². The molecule has 0 aromatic heterocycles. The van der Waals surface area contributed by atoms with E-state index in [-0.39, 0.29) is 6.10 Å². The Morgan fingerprint density at radius 2 is 2.27 bits per heavy atom. The molecule has 2 nitrogen and oxygen atoms in total. The summed E-state index contributed by atoms with van der Waals surface area (Å²) in [4.78, 5) is 0.536. The molecule has 0 heterocycles. The molecule has 0 rings (SSSR count). The van der Waals surface area contributed by atoms with Crippen molar-refractivity contribution in [1.82, 2.24) is 0 Å². The van der Waals surface area contributed by atoms with Crippen molar-refractivity contribution in [3.8, 4) is 0 Å². The van der Waals surface area contributed by atoms with Crippen molar-refractivity contribution in [3.63, 3.8) is 0 Å². The van der Waals surface area contributed by atoms with Gasteiger partial charge in [-0.05, 0) is 13.3 Å². The van der Waals surface area contributed by atoms with Gasteiger partial charge in [-0.3, -0.25) is 0 Å². The zero-order valence-corrected chi connectivity index (χ0v) is 8.12. The van der Waals surface area contributed by atoms with Crippen LogP contribution in [0.2, 0.25) is 0 Å². The number of ether oxygens (including phenoxy) is 1. The largest absolute Gasteiger partial charge is 0.393 e. The molecule has 1 atom stereocenters. The number of hydrogen-bond acceptors (Lipinski definition) is 2. The lowest BCUT2D eigenvalue weighted by atomic mass is 10.3. The number of nitrogens with two attached hydrogens (primary N) is 1. The molecule has 0 amide bonds. The quantitative estimate of drug-likeness (QED) is 0.494. The summed E-state index contributed by atoms with van der Waals surface area (Å²) in [5.74, 6) is 0. The average molecular weight is 175 g/mol. The predicted molar refractivity (Wildman–Crippen MR) is 51.7 cm³/mol. The summed E-state index contributed by atoms with van der Waals surface area (Å²) >= 11 is 4.75. The molecule has 0 saturated carbocycles. The monoisotopic (exact) mass is 175 g/mol. The Morgan fingerprint density at radius 1 is 1.64 bits per heavy atom. The van der Waals surface area contributed by atoms with Gasteiger partial charge in [0.25, 0.3) is 0 Å². The highest BCUT2D eigenvalue weighted by molar-refractivity contribution is 7.80. The standard InChI is InChI=1S/C8H17NOS/c1-3-4-5-10-7(2)6-8(9)11/h7H,3-6H2,1-2H3,(H2,9,11). The van der Waals surface area contributed by atoms with Crippen LogP contribution in [-0.2, 0) is 4.74 Å². The van der Waals surface area contributed by atoms with Gasteiger partial charge in [-0.2, -0.15) is 0 Å². The van der Waals surface area contributed by atoms with Crippen molar-refractivity contribution in [2.45, 2.75) is 39.2 Å². The van der Waals surface area contributed by atoms with E-state index in [1.807, 2.05) is 6.92 Å². The number of unbranched alkanes of at least 4 members (excludes halogenated alkanes) is 1. The van der Waals surface area contributed by atoms with Crippen LogP contribution in [0, 0.1) is 0 Å². The van der Waals surface area contributed by atoms with E-state index in [2.05, 4.69) is 6.92 Å². The van der Waals surface area contributed by atoms with Crippen LogP contribution in [0.25, 0.3) is 0 Å². The summed E-state index contributed by atoms with van der Waals surface area (Å²) in [6, 6.07) is 0. The van der Waals surface area contributed by atoms with E-state index in [0.29, 0.717) is 11.4 Å². The Morgan fingerprint density at radius 3 is 2.73 bits per heavy atom. The van der Waals surface area contributed by atoms with Gasteiger partial charge in [0, 0.05) is 13.0 Å². The molecule has 3 heteroatoms. The first-order valence-electron chi connectivity index (χ1n) is 4.06. The van der Waals surface area contributed by atoms with E-state index in [9.17, 15) is 0 Å². The van der Waals surface area contributed by atoms with E-state index in [1.165, 1.54) is 6.42 Å². The van der Waals surface area contributed by atoms with E-state index in [1.54, 1.807) is 0 Å². The molecular weight excluding hydrogens is 158 g/mol. The maximum Gasteiger partial charge on any atom is 0.0753 e. The summed E-state index contributed by atoms with van der Waals surface area (Å²) < 4.78 is 5.43. The lowest BCUT2D eigenvalue weighted by molar-refractivity contribution is 0.0692. The molecule has 11 heavy (non-hydrogen) atoms. The molecule has 0 aromatic carbocycles. The van der Waals surface area contributed by atoms with Crippen LogP contribution in [-0.4, -0.2) is 17.7 Å². The number of hydrogen-bond donors (Lipinski definition) is 1. The maximum atomic E-state index is 5.43. The first-order chi connectivity index (χ1) is 5.16. The van der Waals surface area contributed by atoms with Crippen molar-refractivity contribution in [3.05, 3.63) is 0 Å². The minimum Gasteiger partial charge on any atom is -0.393 e. The van der Waals surface area contributed by atoms with Gasteiger partial charge in [0.05, 0.1) is 11.1 Å². The van der Waals surface area contributed by atoms with E-state index < -0.39 is 0 Å². The topological polar surface area (TPSA) is 35.2 Å². The fraction of sp³-hybridized carbons (Fsp3) is 0.875. The molecule has 0 saturated heterocycles. The summed E-state index contributed by atoms with van der Waals surface area (Å²) in [6.45, 7) is 4.96. The zero-order chi connectivity index (χ0) is 8.69. The summed E-state index contributed by atoms with van der Waals surface area (Å²) in [7, 11) is 0. The van der Waals surface area contributed by atoms with Crippen LogP contribution >= 0.6 is 12.2 Å². The van der Waals surface area contributed by atoms with Gasteiger partial charge in [0.1, 0.15) is 0 Å². The molecule has 0 aromatic rings. The summed E-state index contributed by atoms with van der Waals surface area (Å²) in [5, 5.41) is 0. The van der Waals surface area contributed by atoms with E-state index in [0.717, 1.165) is 13.0 Å². The van der Waals surface area contributed by atoms with Gasteiger partial charge in [-0.15, -0.1) is 0 Å². The molecular formula is C8H17NOS. The molecule has 0 radical (unpaired) electrons. The van der Waals surface area contributed by atoms with E-state index in [4.69, 9.17) is 22.7 Å². The highest BCUT2D eigenvalue weighted by atomic mass is 32.1. The second-order valence-corrected chi connectivity index (χ2v) is 3.23. The highest BCUT2D eigenvalue weighted by Gasteiger charge is 2.02. The van der Waals surface area contributed by atoms with Crippen molar-refractivity contribution < 1.29 is 4.74 Å². The van der Waals surface area contributed by atoms with Crippen molar-refractivity contribution in [2.24, 2.45) is 5.73 Å². The Kier molecular flexibility index (Phi) is 6.46. The van der Waals surface area contributed by atoms with Gasteiger partial charge in [0.15, 0.2) is 0 Å². The fourth-order valence-corrected chi connectivity index (χ4v) is 1.01. The van der Waals surface area contributed by atoms with Gasteiger partial charge in [-0.1, -0.05) is 25.6 Å². The molecule has 0 aliphatic heterocycles. The SMILES string of the molecule is CCCCOC(C)CC(N)=S. The summed E-state index contributed by atoms with van der Waals surface area (Å²) in [6.07, 6.45) is 3.15. The molecule has 0 fully saturated rings. The molecule has 1 unspecified atom stereocenters. The number of rotatable bonds is 6. The molecule has 0 aliphatic carbocycles. The molecule has 0 spiro atoms. The second kappa shape index (κ2) is 6.55. The van der Waals surface area contributed by atoms with Crippen molar-refractivity contribution in [2.75, 3.05) is 6.61 Å². The third kappa shape index (κ3) is 7.75. The summed E-state index contributed by atoms with van der Waals surface area (Å²) in [5.41, 5.74) is 5.35. The smallest absolute Gasteiger partial charge is 0.0753 e.